The third-order valence-electron chi connectivity index (χ3n) is 6.58. The Morgan fingerprint density at radius 3 is 2.76 bits per heavy atom. The maximum Gasteiger partial charge on any atom is 0.164 e. The van der Waals surface area contributed by atoms with Crippen LogP contribution in [0.1, 0.15) is 25.0 Å². The second kappa shape index (κ2) is 7.31. The molecule has 4 atom stereocenters. The van der Waals surface area contributed by atoms with Gasteiger partial charge in [-0.25, -0.2) is 28.1 Å². The van der Waals surface area contributed by atoms with E-state index in [0.29, 0.717) is 16.6 Å². The van der Waals surface area contributed by atoms with Crippen molar-refractivity contribution < 1.29 is 13.2 Å². The Labute approximate surface area is 191 Å². The number of amidine groups is 1. The highest BCUT2D eigenvalue weighted by Crippen LogP contribution is 2.69. The van der Waals surface area contributed by atoms with Crippen molar-refractivity contribution in [3.63, 3.8) is 0 Å². The summed E-state index contributed by atoms with van der Waals surface area (Å²) in [5.74, 6) is -2.34. The van der Waals surface area contributed by atoms with Gasteiger partial charge in [-0.15, -0.1) is 0 Å². The molecule has 3 aromatic rings. The first-order chi connectivity index (χ1) is 15.7. The Morgan fingerprint density at radius 1 is 1.24 bits per heavy atom. The van der Waals surface area contributed by atoms with Crippen molar-refractivity contribution >= 4 is 39.5 Å². The summed E-state index contributed by atoms with van der Waals surface area (Å²) in [7, 11) is 0. The van der Waals surface area contributed by atoms with E-state index in [0.717, 1.165) is 17.8 Å². The van der Waals surface area contributed by atoms with E-state index >= 15 is 4.39 Å². The fourth-order valence-corrected chi connectivity index (χ4v) is 6.45. The number of thioether (sulfide) groups is 1. The highest BCUT2D eigenvalue weighted by atomic mass is 32.2. The Morgan fingerprint density at radius 2 is 2.03 bits per heavy atom. The van der Waals surface area contributed by atoms with Crippen LogP contribution in [0.25, 0.3) is 11.0 Å². The van der Waals surface area contributed by atoms with E-state index in [1.807, 2.05) is 13.0 Å². The lowest BCUT2D eigenvalue weighted by atomic mass is 9.84. The average Bonchev–Trinajstić information content (AvgIpc) is 3.40. The lowest BCUT2D eigenvalue weighted by molar-refractivity contribution is 0.353. The number of pyridine rings is 1. The predicted octanol–water partition coefficient (Wildman–Crippen LogP) is 4.17. The molecule has 0 spiro atoms. The first-order valence-corrected chi connectivity index (χ1v) is 10.9. The molecule has 1 aliphatic heterocycles. The maximum atomic E-state index is 15.1. The van der Waals surface area contributed by atoms with E-state index in [4.69, 9.17) is 11.0 Å². The zero-order valence-corrected chi connectivity index (χ0v) is 18.4. The number of nitrogens with one attached hydrogen (secondary N) is 1. The normalized spacial score (nSPS) is 28.1. The third kappa shape index (κ3) is 3.12. The van der Waals surface area contributed by atoms with Crippen LogP contribution in [0.3, 0.4) is 0 Å². The van der Waals surface area contributed by atoms with E-state index in [2.05, 4.69) is 25.3 Å². The lowest BCUT2D eigenvalue weighted by Gasteiger charge is -2.33. The van der Waals surface area contributed by atoms with Crippen LogP contribution in [0.4, 0.5) is 24.7 Å². The van der Waals surface area contributed by atoms with Crippen LogP contribution in [0, 0.1) is 34.8 Å². The Hall–Kier alpha value is -3.39. The fraction of sp³-hybridized carbons (Fsp3) is 0.318. The summed E-state index contributed by atoms with van der Waals surface area (Å²) in [6.07, 6.45) is 2.65. The highest BCUT2D eigenvalue weighted by molar-refractivity contribution is 8.15. The zero-order valence-electron chi connectivity index (χ0n) is 17.6. The van der Waals surface area contributed by atoms with Gasteiger partial charge < -0.3 is 11.1 Å². The van der Waals surface area contributed by atoms with Crippen LogP contribution in [0.2, 0.25) is 0 Å². The molecule has 5 rings (SSSR count). The first kappa shape index (κ1) is 21.5. The molecule has 1 aliphatic carbocycles. The molecule has 0 unspecified atom stereocenters. The molecule has 3 heterocycles. The van der Waals surface area contributed by atoms with E-state index in [1.165, 1.54) is 18.6 Å². The number of aromatic nitrogens is 3. The Kier molecular flexibility index (Phi) is 4.75. The van der Waals surface area contributed by atoms with Gasteiger partial charge in [0.25, 0.3) is 0 Å². The molecule has 0 amide bonds. The maximum absolute atomic E-state index is 15.1. The van der Waals surface area contributed by atoms with E-state index in [-0.39, 0.29) is 34.1 Å². The van der Waals surface area contributed by atoms with Crippen LogP contribution >= 0.6 is 11.8 Å². The molecule has 1 aromatic carbocycles. The number of nitrogens with zero attached hydrogens (tertiary/aromatic N) is 5. The molecule has 3 N–H and O–H groups in total. The summed E-state index contributed by atoms with van der Waals surface area (Å²) in [5, 5.41) is 12.2. The number of hydrogen-bond acceptors (Lipinski definition) is 8. The van der Waals surface area contributed by atoms with Gasteiger partial charge in [0.2, 0.25) is 0 Å². The molecule has 11 heteroatoms. The van der Waals surface area contributed by atoms with Gasteiger partial charge >= 0.3 is 0 Å². The van der Waals surface area contributed by atoms with Gasteiger partial charge in [-0.05, 0) is 25.0 Å². The summed E-state index contributed by atoms with van der Waals surface area (Å²) in [6.45, 7) is 2.89. The number of anilines is 2. The summed E-state index contributed by atoms with van der Waals surface area (Å²) in [5.41, 5.74) is 6.05. The molecule has 1 fully saturated rings. The molecular formula is C22H18F3N7S. The molecule has 7 nitrogen and oxygen atoms in total. The van der Waals surface area contributed by atoms with Gasteiger partial charge in [0.15, 0.2) is 22.6 Å². The van der Waals surface area contributed by atoms with Crippen molar-refractivity contribution in [2.24, 2.45) is 22.6 Å². The Balaban J connectivity index is 1.60. The van der Waals surface area contributed by atoms with Crippen LogP contribution in [0.15, 0.2) is 35.7 Å². The van der Waals surface area contributed by atoms with Gasteiger partial charge in [-0.1, -0.05) is 18.7 Å². The number of benzene rings is 1. The number of fused-ring (bicyclic) bond motifs is 2. The van der Waals surface area contributed by atoms with Gasteiger partial charge in [0, 0.05) is 29.4 Å². The third-order valence-corrected chi connectivity index (χ3v) is 8.00. The minimum Gasteiger partial charge on any atom is -0.378 e. The van der Waals surface area contributed by atoms with Crippen molar-refractivity contribution in [3.05, 3.63) is 53.5 Å². The molecule has 168 valence electrons. The number of halogens is 3. The van der Waals surface area contributed by atoms with E-state index in [9.17, 15) is 8.78 Å². The summed E-state index contributed by atoms with van der Waals surface area (Å²) < 4.78 is 43.0. The van der Waals surface area contributed by atoms with E-state index in [1.54, 1.807) is 13.0 Å². The van der Waals surface area contributed by atoms with Gasteiger partial charge in [0.05, 0.1) is 21.4 Å². The average molecular weight is 469 g/mol. The largest absolute Gasteiger partial charge is 0.378 e. The molecule has 2 aliphatic rings. The quantitative estimate of drug-likeness (QED) is 0.590. The SMILES string of the molecule is C[C@H]1[C@@H]2[C@@]1(CF)SC(N)=N[C@]2(C)c1cc(Nc2ncnc3cc(C#N)cnc23)cc(F)c1F. The van der Waals surface area contributed by atoms with Gasteiger partial charge in [-0.3, -0.25) is 4.99 Å². The highest BCUT2D eigenvalue weighted by Gasteiger charge is 2.72. The number of aliphatic imine (C=N–C) groups is 1. The molecular weight excluding hydrogens is 451 g/mol. The number of nitrogens with two attached hydrogens (primary N) is 1. The van der Waals surface area contributed by atoms with Crippen molar-refractivity contribution in [2.75, 3.05) is 12.0 Å². The first-order valence-electron chi connectivity index (χ1n) is 10.1. The van der Waals surface area contributed by atoms with Crippen LogP contribution < -0.4 is 11.1 Å². The second-order valence-electron chi connectivity index (χ2n) is 8.42. The molecule has 0 saturated heterocycles. The number of rotatable bonds is 4. The summed E-state index contributed by atoms with van der Waals surface area (Å²) in [6, 6.07) is 5.98. The van der Waals surface area contributed by atoms with Crippen LogP contribution in [0.5, 0.6) is 0 Å². The van der Waals surface area contributed by atoms with Gasteiger partial charge in [0.1, 0.15) is 24.6 Å². The van der Waals surface area contributed by atoms with Crippen LogP contribution in [-0.2, 0) is 5.54 Å². The molecule has 1 saturated carbocycles. The summed E-state index contributed by atoms with van der Waals surface area (Å²) >= 11 is 1.16. The lowest BCUT2D eigenvalue weighted by Crippen LogP contribution is -2.37. The standard InChI is InChI=1S/C22H18F3N7S/c1-10-18-21(2,32-20(27)33-22(10,18)8-23)13-4-12(5-14(24)16(13)25)31-19-17-15(29-9-30-19)3-11(6-26)7-28-17/h3-5,7,9-10,18H,8H2,1-2H3,(H2,27,32)(H,29,30,31)/t10-,18-,21+,22-/m0/s1. The minimum absolute atomic E-state index is 0.0153. The number of nitriles is 1. The second-order valence-corrected chi connectivity index (χ2v) is 9.81. The smallest absolute Gasteiger partial charge is 0.164 e. The topological polar surface area (TPSA) is 113 Å². The molecule has 2 aromatic heterocycles. The molecule has 0 bridgehead atoms. The monoisotopic (exact) mass is 469 g/mol. The van der Waals surface area contributed by atoms with Crippen molar-refractivity contribution in [1.82, 2.24) is 15.0 Å². The Bertz CT molecular complexity index is 1370. The van der Waals surface area contributed by atoms with Crippen molar-refractivity contribution in [3.8, 4) is 6.07 Å². The van der Waals surface area contributed by atoms with E-state index < -0.39 is 28.6 Å². The predicted molar refractivity (Wildman–Crippen MR) is 120 cm³/mol. The van der Waals surface area contributed by atoms with Crippen molar-refractivity contribution in [2.45, 2.75) is 24.1 Å². The van der Waals surface area contributed by atoms with Crippen LogP contribution in [-0.4, -0.2) is 31.5 Å². The summed E-state index contributed by atoms with van der Waals surface area (Å²) in [4.78, 5) is 16.9. The number of alkyl halides is 1. The molecule has 33 heavy (non-hydrogen) atoms. The van der Waals surface area contributed by atoms with Gasteiger partial charge in [-0.2, -0.15) is 5.26 Å². The van der Waals surface area contributed by atoms with Crippen molar-refractivity contribution in [1.29, 1.82) is 5.26 Å². The number of hydrogen-bond donors (Lipinski definition) is 2. The minimum atomic E-state index is -1.24. The zero-order chi connectivity index (χ0) is 23.5. The molecule has 0 radical (unpaired) electrons. The fourth-order valence-electron chi connectivity index (χ4n) is 4.96.